The van der Waals surface area contributed by atoms with Crippen LogP contribution in [0.15, 0.2) is 60.9 Å². The predicted octanol–water partition coefficient (Wildman–Crippen LogP) is 5.25. The molecule has 1 heterocycles. The Kier molecular flexibility index (Phi) is 5.86. The van der Waals surface area contributed by atoms with Crippen LogP contribution in [-0.4, -0.2) is 21.2 Å². The minimum absolute atomic E-state index is 0.174. The number of benzene rings is 2. The summed E-state index contributed by atoms with van der Waals surface area (Å²) in [6.45, 7) is 7.91. The van der Waals surface area contributed by atoms with Crippen LogP contribution in [0.25, 0.3) is 16.0 Å². The van der Waals surface area contributed by atoms with Crippen molar-refractivity contribution in [2.45, 2.75) is 25.2 Å². The van der Waals surface area contributed by atoms with Crippen LogP contribution in [0.1, 0.15) is 12.5 Å². The van der Waals surface area contributed by atoms with Gasteiger partial charge in [-0.15, -0.1) is 0 Å². The number of carbonyl (C=O) groups is 1. The van der Waals surface area contributed by atoms with E-state index in [2.05, 4.69) is 10.2 Å². The summed E-state index contributed by atoms with van der Waals surface area (Å²) in [4.78, 5) is 15.3. The number of anilines is 1. The minimum Gasteiger partial charge on any atom is -0.378 e. The van der Waals surface area contributed by atoms with E-state index in [1.165, 1.54) is 25.1 Å². The standard InChI is InChI=1S/C22H17F4N3O2/c1-21(31,13-29-10-9-15(12-29)14-3-5-16(23)6-4-14)20(30)28-17-7-8-19(27-2)18(11-17)22(24,25)26/h3-12,31H,13H2,1H3,(H,28,30)/t21-/m0/s1. The highest BCUT2D eigenvalue weighted by Gasteiger charge is 2.35. The van der Waals surface area contributed by atoms with Crippen molar-refractivity contribution in [2.24, 2.45) is 0 Å². The summed E-state index contributed by atoms with van der Waals surface area (Å²) >= 11 is 0. The van der Waals surface area contributed by atoms with Crippen molar-refractivity contribution in [3.05, 3.63) is 83.7 Å². The second kappa shape index (κ2) is 8.24. The Bertz CT molecular complexity index is 1140. The van der Waals surface area contributed by atoms with Gasteiger partial charge < -0.3 is 15.0 Å². The van der Waals surface area contributed by atoms with Crippen LogP contribution in [0.4, 0.5) is 28.9 Å². The Morgan fingerprint density at radius 1 is 1.13 bits per heavy atom. The highest BCUT2D eigenvalue weighted by Crippen LogP contribution is 2.38. The SMILES string of the molecule is [C-]#[N+]c1ccc(NC(=O)[C@@](C)(O)Cn2ccc(-c3ccc(F)cc3)c2)cc1C(F)(F)F. The molecule has 0 saturated heterocycles. The maximum absolute atomic E-state index is 13.1. The van der Waals surface area contributed by atoms with Crippen molar-refractivity contribution < 1.29 is 27.5 Å². The van der Waals surface area contributed by atoms with E-state index < -0.39 is 28.9 Å². The summed E-state index contributed by atoms with van der Waals surface area (Å²) in [6.07, 6.45) is -1.49. The van der Waals surface area contributed by atoms with E-state index in [-0.39, 0.29) is 18.0 Å². The van der Waals surface area contributed by atoms with Crippen LogP contribution in [0, 0.1) is 12.4 Å². The number of aromatic nitrogens is 1. The fraction of sp³-hybridized carbons (Fsp3) is 0.182. The minimum atomic E-state index is -4.76. The first-order chi connectivity index (χ1) is 14.5. The Labute approximate surface area is 175 Å². The molecule has 0 aliphatic rings. The number of amides is 1. The zero-order valence-electron chi connectivity index (χ0n) is 16.2. The van der Waals surface area contributed by atoms with Gasteiger partial charge in [-0.1, -0.05) is 18.2 Å². The summed E-state index contributed by atoms with van der Waals surface area (Å²) < 4.78 is 53.9. The summed E-state index contributed by atoms with van der Waals surface area (Å²) in [5, 5.41) is 12.9. The monoisotopic (exact) mass is 431 g/mol. The Hall–Kier alpha value is -3.64. The predicted molar refractivity (Wildman–Crippen MR) is 107 cm³/mol. The van der Waals surface area contributed by atoms with E-state index in [0.717, 1.165) is 17.2 Å². The van der Waals surface area contributed by atoms with Crippen LogP contribution in [0.2, 0.25) is 0 Å². The Morgan fingerprint density at radius 2 is 1.81 bits per heavy atom. The molecule has 0 radical (unpaired) electrons. The number of nitrogens with one attached hydrogen (secondary N) is 1. The van der Waals surface area contributed by atoms with Gasteiger partial charge in [0.25, 0.3) is 5.91 Å². The number of hydrogen-bond acceptors (Lipinski definition) is 2. The van der Waals surface area contributed by atoms with Crippen molar-refractivity contribution >= 4 is 17.3 Å². The van der Waals surface area contributed by atoms with Crippen LogP contribution >= 0.6 is 0 Å². The molecular formula is C22H17F4N3O2. The molecule has 0 unspecified atom stereocenters. The van der Waals surface area contributed by atoms with Crippen molar-refractivity contribution in [3.63, 3.8) is 0 Å². The summed E-state index contributed by atoms with van der Waals surface area (Å²) in [7, 11) is 0. The Morgan fingerprint density at radius 3 is 2.42 bits per heavy atom. The molecule has 3 aromatic rings. The largest absolute Gasteiger partial charge is 0.407 e. The van der Waals surface area contributed by atoms with Gasteiger partial charge in [-0.2, -0.15) is 13.2 Å². The maximum atomic E-state index is 13.1. The van der Waals surface area contributed by atoms with Crippen molar-refractivity contribution in [1.29, 1.82) is 0 Å². The first-order valence-electron chi connectivity index (χ1n) is 9.04. The highest BCUT2D eigenvalue weighted by atomic mass is 19.4. The molecule has 0 bridgehead atoms. The Balaban J connectivity index is 1.75. The molecule has 5 nitrogen and oxygen atoms in total. The zero-order chi connectivity index (χ0) is 22.8. The lowest BCUT2D eigenvalue weighted by Crippen LogP contribution is -2.43. The number of rotatable bonds is 5. The lowest BCUT2D eigenvalue weighted by Gasteiger charge is -2.23. The van der Waals surface area contributed by atoms with Gasteiger partial charge in [0.15, 0.2) is 11.3 Å². The van der Waals surface area contributed by atoms with Gasteiger partial charge in [0, 0.05) is 18.1 Å². The first-order valence-corrected chi connectivity index (χ1v) is 9.04. The lowest BCUT2D eigenvalue weighted by atomic mass is 10.1. The first kappa shape index (κ1) is 22.1. The van der Waals surface area contributed by atoms with Gasteiger partial charge in [-0.05, 0) is 48.4 Å². The second-order valence-electron chi connectivity index (χ2n) is 7.15. The third kappa shape index (κ3) is 5.10. The van der Waals surface area contributed by atoms with Crippen LogP contribution in [-0.2, 0) is 17.5 Å². The fourth-order valence-corrected chi connectivity index (χ4v) is 2.98. The van der Waals surface area contributed by atoms with E-state index in [1.807, 2.05) is 0 Å². The van der Waals surface area contributed by atoms with Crippen molar-refractivity contribution in [1.82, 2.24) is 4.57 Å². The molecule has 31 heavy (non-hydrogen) atoms. The second-order valence-corrected chi connectivity index (χ2v) is 7.15. The summed E-state index contributed by atoms with van der Waals surface area (Å²) in [5.74, 6) is -1.28. The van der Waals surface area contributed by atoms with E-state index in [1.54, 1.807) is 35.2 Å². The fourth-order valence-electron chi connectivity index (χ4n) is 2.98. The average Bonchev–Trinajstić information content (AvgIpc) is 3.15. The summed E-state index contributed by atoms with van der Waals surface area (Å²) in [5.41, 5.74) is -2.42. The molecule has 160 valence electrons. The van der Waals surface area contributed by atoms with E-state index in [9.17, 15) is 27.5 Å². The highest BCUT2D eigenvalue weighted by molar-refractivity contribution is 5.97. The number of nitrogens with zero attached hydrogens (tertiary/aromatic N) is 2. The molecule has 0 aliphatic carbocycles. The molecule has 1 amide bonds. The quantitative estimate of drug-likeness (QED) is 0.428. The van der Waals surface area contributed by atoms with E-state index in [0.29, 0.717) is 6.07 Å². The maximum Gasteiger partial charge on any atom is 0.407 e. The molecule has 3 rings (SSSR count). The van der Waals surface area contributed by atoms with Gasteiger partial charge in [-0.25, -0.2) is 9.24 Å². The lowest BCUT2D eigenvalue weighted by molar-refractivity contribution is -0.137. The van der Waals surface area contributed by atoms with Crippen LogP contribution in [0.5, 0.6) is 0 Å². The van der Waals surface area contributed by atoms with Gasteiger partial charge in [0.2, 0.25) is 0 Å². The number of halogens is 4. The number of hydrogen-bond donors (Lipinski definition) is 2. The number of alkyl halides is 3. The molecule has 0 fully saturated rings. The molecule has 1 aromatic heterocycles. The van der Waals surface area contributed by atoms with Crippen molar-refractivity contribution in [3.8, 4) is 11.1 Å². The van der Waals surface area contributed by atoms with Crippen LogP contribution < -0.4 is 5.32 Å². The third-order valence-corrected chi connectivity index (χ3v) is 4.59. The van der Waals surface area contributed by atoms with E-state index in [4.69, 9.17) is 6.57 Å². The molecule has 0 saturated carbocycles. The molecule has 0 spiro atoms. The van der Waals surface area contributed by atoms with Gasteiger partial charge in [0.1, 0.15) is 5.82 Å². The molecule has 2 N–H and O–H groups in total. The molecule has 2 aromatic carbocycles. The third-order valence-electron chi connectivity index (χ3n) is 4.59. The smallest absolute Gasteiger partial charge is 0.378 e. The normalized spacial score (nSPS) is 13.3. The van der Waals surface area contributed by atoms with Gasteiger partial charge >= 0.3 is 6.18 Å². The molecule has 1 atom stereocenters. The topological polar surface area (TPSA) is 58.6 Å². The summed E-state index contributed by atoms with van der Waals surface area (Å²) in [6, 6.07) is 10.3. The van der Waals surface area contributed by atoms with Crippen LogP contribution in [0.3, 0.4) is 0 Å². The van der Waals surface area contributed by atoms with Crippen molar-refractivity contribution in [2.75, 3.05) is 5.32 Å². The van der Waals surface area contributed by atoms with Gasteiger partial charge in [0.05, 0.1) is 18.7 Å². The molecular weight excluding hydrogens is 414 g/mol. The van der Waals surface area contributed by atoms with Gasteiger partial charge in [-0.3, -0.25) is 4.79 Å². The average molecular weight is 431 g/mol. The number of carbonyl (C=O) groups excluding carboxylic acids is 1. The molecule has 0 aliphatic heterocycles. The number of aliphatic hydroxyl groups is 1. The van der Waals surface area contributed by atoms with E-state index >= 15 is 0 Å². The molecule has 9 heteroatoms. The zero-order valence-corrected chi connectivity index (χ0v) is 16.2.